The fourth-order valence-electron chi connectivity index (χ4n) is 3.66. The number of thiophene rings is 1. The van der Waals surface area contributed by atoms with Crippen LogP contribution in [0.3, 0.4) is 0 Å². The molecule has 2 fully saturated rings. The standard InChI is InChI=1S/C16H26N2S/c1-2-12-7-8-18(14(10-12)11-17)16(13-5-6-13)15-4-3-9-19-15/h3-4,9,12-14,16H,2,5-8,10-11,17H2,1H3. The Balaban J connectivity index is 1.78. The van der Waals surface area contributed by atoms with Crippen molar-refractivity contribution in [2.24, 2.45) is 17.6 Å². The molecule has 0 radical (unpaired) electrons. The van der Waals surface area contributed by atoms with Crippen molar-refractivity contribution in [3.8, 4) is 0 Å². The molecule has 0 spiro atoms. The van der Waals surface area contributed by atoms with Crippen molar-refractivity contribution in [2.75, 3.05) is 13.1 Å². The second kappa shape index (κ2) is 5.94. The molecule has 1 aliphatic carbocycles. The van der Waals surface area contributed by atoms with Gasteiger partial charge in [0.25, 0.3) is 0 Å². The van der Waals surface area contributed by atoms with Gasteiger partial charge in [0.2, 0.25) is 0 Å². The summed E-state index contributed by atoms with van der Waals surface area (Å²) in [5.74, 6) is 1.79. The lowest BCUT2D eigenvalue weighted by atomic mass is 9.87. The van der Waals surface area contributed by atoms with Crippen LogP contribution in [0.4, 0.5) is 0 Å². The maximum absolute atomic E-state index is 6.08. The average molecular weight is 278 g/mol. The van der Waals surface area contributed by atoms with Gasteiger partial charge in [-0.1, -0.05) is 19.4 Å². The number of nitrogens with zero attached hydrogens (tertiary/aromatic N) is 1. The van der Waals surface area contributed by atoms with Gasteiger partial charge in [0, 0.05) is 23.5 Å². The lowest BCUT2D eigenvalue weighted by Crippen LogP contribution is -2.48. The van der Waals surface area contributed by atoms with Crippen LogP contribution in [0.5, 0.6) is 0 Å². The Morgan fingerprint density at radius 2 is 2.26 bits per heavy atom. The van der Waals surface area contributed by atoms with E-state index in [2.05, 4.69) is 29.3 Å². The Morgan fingerprint density at radius 1 is 1.42 bits per heavy atom. The third-order valence-electron chi connectivity index (χ3n) is 4.98. The summed E-state index contributed by atoms with van der Waals surface area (Å²) in [6.45, 7) is 4.40. The summed E-state index contributed by atoms with van der Waals surface area (Å²) < 4.78 is 0. The van der Waals surface area contributed by atoms with Gasteiger partial charge in [-0.05, 0) is 55.5 Å². The fraction of sp³-hybridized carbons (Fsp3) is 0.750. The second-order valence-electron chi connectivity index (χ2n) is 6.22. The average Bonchev–Trinajstić information content (AvgIpc) is 3.14. The largest absolute Gasteiger partial charge is 0.329 e. The molecule has 0 bridgehead atoms. The molecule has 2 aliphatic rings. The number of rotatable bonds is 5. The molecule has 106 valence electrons. The third kappa shape index (κ3) is 2.88. The maximum Gasteiger partial charge on any atom is 0.0473 e. The molecule has 2 heterocycles. The second-order valence-corrected chi connectivity index (χ2v) is 7.20. The topological polar surface area (TPSA) is 29.3 Å². The smallest absolute Gasteiger partial charge is 0.0473 e. The van der Waals surface area contributed by atoms with E-state index >= 15 is 0 Å². The first-order valence-corrected chi connectivity index (χ1v) is 8.70. The molecule has 3 heteroatoms. The Bertz CT molecular complexity index is 385. The predicted molar refractivity (Wildman–Crippen MR) is 82.3 cm³/mol. The van der Waals surface area contributed by atoms with Crippen LogP contribution in [-0.4, -0.2) is 24.0 Å². The zero-order valence-corrected chi connectivity index (χ0v) is 12.7. The van der Waals surface area contributed by atoms with E-state index in [1.807, 2.05) is 11.3 Å². The highest BCUT2D eigenvalue weighted by molar-refractivity contribution is 7.10. The van der Waals surface area contributed by atoms with Crippen LogP contribution in [0.1, 0.15) is 49.9 Å². The van der Waals surface area contributed by atoms with Crippen molar-refractivity contribution in [2.45, 2.75) is 51.1 Å². The maximum atomic E-state index is 6.08. The van der Waals surface area contributed by atoms with Crippen LogP contribution in [0.15, 0.2) is 17.5 Å². The first kappa shape index (κ1) is 13.6. The van der Waals surface area contributed by atoms with E-state index in [0.29, 0.717) is 12.1 Å². The first-order valence-electron chi connectivity index (χ1n) is 7.82. The van der Waals surface area contributed by atoms with Gasteiger partial charge in [-0.15, -0.1) is 11.3 Å². The monoisotopic (exact) mass is 278 g/mol. The number of piperidine rings is 1. The Hall–Kier alpha value is -0.380. The number of hydrogen-bond donors (Lipinski definition) is 1. The van der Waals surface area contributed by atoms with Crippen LogP contribution in [0.25, 0.3) is 0 Å². The summed E-state index contributed by atoms with van der Waals surface area (Å²) >= 11 is 1.93. The van der Waals surface area contributed by atoms with Gasteiger partial charge in [0.05, 0.1) is 0 Å². The highest BCUT2D eigenvalue weighted by Crippen LogP contribution is 2.48. The van der Waals surface area contributed by atoms with E-state index in [-0.39, 0.29) is 0 Å². The van der Waals surface area contributed by atoms with Crippen molar-refractivity contribution >= 4 is 11.3 Å². The van der Waals surface area contributed by atoms with Crippen molar-refractivity contribution in [1.82, 2.24) is 4.90 Å². The Labute approximate surface area is 121 Å². The van der Waals surface area contributed by atoms with E-state index in [1.165, 1.54) is 38.6 Å². The van der Waals surface area contributed by atoms with Crippen molar-refractivity contribution < 1.29 is 0 Å². The Kier molecular flexibility index (Phi) is 4.25. The minimum absolute atomic E-state index is 0.603. The Morgan fingerprint density at radius 3 is 2.84 bits per heavy atom. The van der Waals surface area contributed by atoms with Crippen LogP contribution in [0, 0.1) is 11.8 Å². The first-order chi connectivity index (χ1) is 9.33. The zero-order chi connectivity index (χ0) is 13.2. The fourth-order valence-corrected chi connectivity index (χ4v) is 4.60. The molecule has 1 aromatic rings. The summed E-state index contributed by atoms with van der Waals surface area (Å²) in [6, 6.07) is 5.79. The van der Waals surface area contributed by atoms with E-state index in [1.54, 1.807) is 4.88 Å². The van der Waals surface area contributed by atoms with Gasteiger partial charge < -0.3 is 5.73 Å². The quantitative estimate of drug-likeness (QED) is 0.891. The molecule has 0 amide bonds. The van der Waals surface area contributed by atoms with Crippen molar-refractivity contribution in [3.05, 3.63) is 22.4 Å². The van der Waals surface area contributed by atoms with E-state index in [9.17, 15) is 0 Å². The lowest BCUT2D eigenvalue weighted by molar-refractivity contribution is 0.0611. The van der Waals surface area contributed by atoms with Gasteiger partial charge in [-0.25, -0.2) is 0 Å². The van der Waals surface area contributed by atoms with Gasteiger partial charge in [0.15, 0.2) is 0 Å². The predicted octanol–water partition coefficient (Wildman–Crippen LogP) is 3.65. The van der Waals surface area contributed by atoms with E-state index < -0.39 is 0 Å². The molecule has 2 N–H and O–H groups in total. The molecule has 1 aliphatic heterocycles. The molecular weight excluding hydrogens is 252 g/mol. The molecule has 1 saturated carbocycles. The van der Waals surface area contributed by atoms with Crippen LogP contribution >= 0.6 is 11.3 Å². The minimum atomic E-state index is 0.603. The normalized spacial score (nSPS) is 30.4. The molecule has 3 rings (SSSR count). The zero-order valence-electron chi connectivity index (χ0n) is 11.9. The highest BCUT2D eigenvalue weighted by Gasteiger charge is 2.41. The van der Waals surface area contributed by atoms with Crippen molar-refractivity contribution in [1.29, 1.82) is 0 Å². The summed E-state index contributed by atoms with van der Waals surface area (Å²) in [6.07, 6.45) is 6.81. The molecule has 3 unspecified atom stereocenters. The number of hydrogen-bond acceptors (Lipinski definition) is 3. The van der Waals surface area contributed by atoms with Gasteiger partial charge in [-0.2, -0.15) is 0 Å². The van der Waals surface area contributed by atoms with Gasteiger partial charge >= 0.3 is 0 Å². The summed E-state index contributed by atoms with van der Waals surface area (Å²) in [5, 5.41) is 2.22. The third-order valence-corrected chi connectivity index (χ3v) is 5.92. The number of likely N-dealkylation sites (tertiary alicyclic amines) is 1. The van der Waals surface area contributed by atoms with Crippen LogP contribution in [0.2, 0.25) is 0 Å². The highest BCUT2D eigenvalue weighted by atomic mass is 32.1. The molecule has 3 atom stereocenters. The SMILES string of the molecule is CCC1CCN(C(c2cccs2)C2CC2)C(CN)C1. The van der Waals surface area contributed by atoms with Crippen LogP contribution in [-0.2, 0) is 0 Å². The molecule has 1 aromatic heterocycles. The molecule has 1 saturated heterocycles. The molecule has 0 aromatic carbocycles. The lowest BCUT2D eigenvalue weighted by Gasteiger charge is -2.43. The molecule has 2 nitrogen and oxygen atoms in total. The summed E-state index contributed by atoms with van der Waals surface area (Å²) in [4.78, 5) is 4.31. The van der Waals surface area contributed by atoms with E-state index in [4.69, 9.17) is 5.73 Å². The van der Waals surface area contributed by atoms with Crippen LogP contribution < -0.4 is 5.73 Å². The number of nitrogens with two attached hydrogens (primary N) is 1. The molecular formula is C16H26N2S. The van der Waals surface area contributed by atoms with E-state index in [0.717, 1.165) is 18.4 Å². The molecule has 19 heavy (non-hydrogen) atoms. The summed E-state index contributed by atoms with van der Waals surface area (Å²) in [7, 11) is 0. The van der Waals surface area contributed by atoms with Gasteiger partial charge in [-0.3, -0.25) is 4.90 Å². The minimum Gasteiger partial charge on any atom is -0.329 e. The summed E-state index contributed by atoms with van der Waals surface area (Å²) in [5.41, 5.74) is 6.08. The van der Waals surface area contributed by atoms with Gasteiger partial charge in [0.1, 0.15) is 0 Å². The van der Waals surface area contributed by atoms with Crippen molar-refractivity contribution in [3.63, 3.8) is 0 Å².